The molecule has 0 saturated carbocycles. The summed E-state index contributed by atoms with van der Waals surface area (Å²) in [7, 11) is 2.02. The third-order valence-corrected chi connectivity index (χ3v) is 3.39. The van der Waals surface area contributed by atoms with Crippen LogP contribution in [0.15, 0.2) is 24.3 Å². The van der Waals surface area contributed by atoms with E-state index in [0.29, 0.717) is 6.42 Å². The fourth-order valence-corrected chi connectivity index (χ4v) is 1.98. The molecule has 3 heteroatoms. The fourth-order valence-electron chi connectivity index (χ4n) is 1.69. The normalized spacial score (nSPS) is 14.5. The monoisotopic (exact) mass is 236 g/mol. The van der Waals surface area contributed by atoms with Crippen LogP contribution >= 0.6 is 11.6 Å². The third kappa shape index (κ3) is 2.98. The zero-order valence-electron chi connectivity index (χ0n) is 9.94. The van der Waals surface area contributed by atoms with Crippen LogP contribution in [-0.2, 0) is 0 Å². The highest BCUT2D eigenvalue weighted by Gasteiger charge is 2.18. The molecule has 0 radical (unpaired) electrons. The van der Waals surface area contributed by atoms with E-state index >= 15 is 0 Å². The van der Waals surface area contributed by atoms with Gasteiger partial charge in [-0.1, -0.05) is 29.8 Å². The molecule has 1 aromatic carbocycles. The van der Waals surface area contributed by atoms with Gasteiger partial charge in [0.1, 0.15) is 0 Å². The van der Waals surface area contributed by atoms with Gasteiger partial charge in [0.05, 0.1) is 12.5 Å². The molecular formula is C13H17ClN2. The van der Waals surface area contributed by atoms with Gasteiger partial charge in [-0.25, -0.2) is 0 Å². The van der Waals surface area contributed by atoms with Crippen LogP contribution in [0.3, 0.4) is 0 Å². The van der Waals surface area contributed by atoms with Gasteiger partial charge in [0.15, 0.2) is 0 Å². The molecule has 0 amide bonds. The Kier molecular flexibility index (Phi) is 4.79. The molecule has 1 aromatic rings. The first-order chi connectivity index (χ1) is 7.57. The van der Waals surface area contributed by atoms with Crippen molar-refractivity contribution in [3.05, 3.63) is 34.9 Å². The predicted octanol–water partition coefficient (Wildman–Crippen LogP) is 3.63. The Labute approximate surface area is 102 Å². The number of hydrogen-bond acceptors (Lipinski definition) is 2. The lowest BCUT2D eigenvalue weighted by Gasteiger charge is -2.30. The summed E-state index contributed by atoms with van der Waals surface area (Å²) in [6.45, 7) is 4.16. The summed E-state index contributed by atoms with van der Waals surface area (Å²) in [6.07, 6.45) is 0.533. The Balaban J connectivity index is 2.82. The molecule has 0 aliphatic heterocycles. The largest absolute Gasteiger partial charge is 0.296 e. The van der Waals surface area contributed by atoms with Gasteiger partial charge in [-0.15, -0.1) is 0 Å². The first-order valence-corrected chi connectivity index (χ1v) is 5.79. The lowest BCUT2D eigenvalue weighted by Crippen LogP contribution is -2.31. The van der Waals surface area contributed by atoms with Crippen LogP contribution in [0.25, 0.3) is 0 Å². The van der Waals surface area contributed by atoms with E-state index in [-0.39, 0.29) is 12.1 Å². The van der Waals surface area contributed by atoms with Crippen molar-refractivity contribution in [1.29, 1.82) is 5.26 Å². The molecule has 86 valence electrons. The van der Waals surface area contributed by atoms with Gasteiger partial charge >= 0.3 is 0 Å². The zero-order valence-corrected chi connectivity index (χ0v) is 10.7. The van der Waals surface area contributed by atoms with E-state index in [2.05, 4.69) is 24.8 Å². The molecule has 2 atom stereocenters. The second-order valence-electron chi connectivity index (χ2n) is 4.07. The van der Waals surface area contributed by atoms with E-state index in [1.165, 1.54) is 0 Å². The van der Waals surface area contributed by atoms with Crippen LogP contribution in [0.4, 0.5) is 0 Å². The fraction of sp³-hybridized carbons (Fsp3) is 0.462. The first kappa shape index (κ1) is 13.0. The Bertz CT molecular complexity index is 384. The lowest BCUT2D eigenvalue weighted by atomic mass is 10.1. The summed E-state index contributed by atoms with van der Waals surface area (Å²) in [5.41, 5.74) is 1.11. The highest BCUT2D eigenvalue weighted by molar-refractivity contribution is 6.31. The van der Waals surface area contributed by atoms with Crippen molar-refractivity contribution >= 4 is 11.6 Å². The van der Waals surface area contributed by atoms with Gasteiger partial charge in [0.2, 0.25) is 0 Å². The number of hydrogen-bond donors (Lipinski definition) is 0. The summed E-state index contributed by atoms with van der Waals surface area (Å²) in [6, 6.07) is 10.5. The summed E-state index contributed by atoms with van der Waals surface area (Å²) < 4.78 is 0. The lowest BCUT2D eigenvalue weighted by molar-refractivity contribution is 0.200. The van der Waals surface area contributed by atoms with Crippen LogP contribution in [0.2, 0.25) is 5.02 Å². The first-order valence-electron chi connectivity index (χ1n) is 5.41. The minimum Gasteiger partial charge on any atom is -0.296 e. The van der Waals surface area contributed by atoms with Crippen LogP contribution in [0.5, 0.6) is 0 Å². The van der Waals surface area contributed by atoms with Crippen molar-refractivity contribution in [3.8, 4) is 6.07 Å². The van der Waals surface area contributed by atoms with Crippen LogP contribution in [0, 0.1) is 11.3 Å². The SMILES string of the molecule is CC(CC#N)N(C)C(C)c1ccccc1Cl. The third-order valence-electron chi connectivity index (χ3n) is 3.05. The molecule has 2 nitrogen and oxygen atoms in total. The molecule has 0 bridgehead atoms. The van der Waals surface area contributed by atoms with Crippen molar-refractivity contribution < 1.29 is 0 Å². The van der Waals surface area contributed by atoms with Crippen molar-refractivity contribution in [3.63, 3.8) is 0 Å². The number of nitrogens with zero attached hydrogens (tertiary/aromatic N) is 2. The predicted molar refractivity (Wildman–Crippen MR) is 67.3 cm³/mol. The highest BCUT2D eigenvalue weighted by Crippen LogP contribution is 2.27. The van der Waals surface area contributed by atoms with E-state index in [4.69, 9.17) is 16.9 Å². The topological polar surface area (TPSA) is 27.0 Å². The smallest absolute Gasteiger partial charge is 0.0638 e. The van der Waals surface area contributed by atoms with Gasteiger partial charge in [0.25, 0.3) is 0 Å². The summed E-state index contributed by atoms with van der Waals surface area (Å²) in [5, 5.41) is 9.47. The Morgan fingerprint density at radius 1 is 1.38 bits per heavy atom. The van der Waals surface area contributed by atoms with Crippen LogP contribution < -0.4 is 0 Å². The maximum atomic E-state index is 8.69. The number of benzene rings is 1. The average Bonchev–Trinajstić information content (AvgIpc) is 2.28. The molecular weight excluding hydrogens is 220 g/mol. The maximum Gasteiger partial charge on any atom is 0.0638 e. The summed E-state index contributed by atoms with van der Waals surface area (Å²) in [5.74, 6) is 0. The van der Waals surface area contributed by atoms with E-state index in [1.807, 2.05) is 31.3 Å². The second kappa shape index (κ2) is 5.89. The van der Waals surface area contributed by atoms with Crippen molar-refractivity contribution in [2.75, 3.05) is 7.05 Å². The minimum atomic E-state index is 0.219. The molecule has 2 unspecified atom stereocenters. The number of nitriles is 1. The van der Waals surface area contributed by atoms with Crippen molar-refractivity contribution in [2.24, 2.45) is 0 Å². The van der Waals surface area contributed by atoms with Crippen LogP contribution in [-0.4, -0.2) is 18.0 Å². The molecule has 0 aromatic heterocycles. The van der Waals surface area contributed by atoms with Gasteiger partial charge < -0.3 is 0 Å². The minimum absolute atomic E-state index is 0.219. The molecule has 16 heavy (non-hydrogen) atoms. The molecule has 0 fully saturated rings. The number of rotatable bonds is 4. The quantitative estimate of drug-likeness (QED) is 0.798. The van der Waals surface area contributed by atoms with E-state index < -0.39 is 0 Å². The highest BCUT2D eigenvalue weighted by atomic mass is 35.5. The van der Waals surface area contributed by atoms with E-state index in [1.54, 1.807) is 0 Å². The molecule has 0 saturated heterocycles. The number of halogens is 1. The Morgan fingerprint density at radius 3 is 2.56 bits per heavy atom. The molecule has 0 spiro atoms. The molecule has 0 aliphatic rings. The van der Waals surface area contributed by atoms with E-state index in [0.717, 1.165) is 10.6 Å². The molecule has 0 N–H and O–H groups in total. The molecule has 0 heterocycles. The summed E-state index contributed by atoms with van der Waals surface area (Å²) in [4.78, 5) is 2.17. The standard InChI is InChI=1S/C13H17ClN2/c1-10(8-9-15)16(3)11(2)12-6-4-5-7-13(12)14/h4-7,10-11H,8H2,1-3H3. The second-order valence-corrected chi connectivity index (χ2v) is 4.48. The summed E-state index contributed by atoms with van der Waals surface area (Å²) >= 11 is 6.15. The van der Waals surface area contributed by atoms with Crippen molar-refractivity contribution in [2.45, 2.75) is 32.4 Å². The Hall–Kier alpha value is -1.04. The molecule has 1 rings (SSSR count). The van der Waals surface area contributed by atoms with E-state index in [9.17, 15) is 0 Å². The van der Waals surface area contributed by atoms with Crippen LogP contribution in [0.1, 0.15) is 31.9 Å². The Morgan fingerprint density at radius 2 is 2.00 bits per heavy atom. The zero-order chi connectivity index (χ0) is 12.1. The maximum absolute atomic E-state index is 8.69. The molecule has 0 aliphatic carbocycles. The van der Waals surface area contributed by atoms with Gasteiger partial charge in [-0.05, 0) is 32.5 Å². The van der Waals surface area contributed by atoms with Gasteiger partial charge in [-0.3, -0.25) is 4.90 Å². The van der Waals surface area contributed by atoms with Gasteiger partial charge in [0, 0.05) is 17.1 Å². The average molecular weight is 237 g/mol. The van der Waals surface area contributed by atoms with Gasteiger partial charge in [-0.2, -0.15) is 5.26 Å². The van der Waals surface area contributed by atoms with Crippen molar-refractivity contribution in [1.82, 2.24) is 4.90 Å².